The fourth-order valence-corrected chi connectivity index (χ4v) is 1.72. The minimum absolute atomic E-state index is 0.193. The second-order valence-corrected chi connectivity index (χ2v) is 5.02. The zero-order valence-electron chi connectivity index (χ0n) is 9.42. The number of carbonyl (C=O) groups is 2. The molecule has 1 aliphatic rings. The molecule has 0 heterocycles. The first kappa shape index (κ1) is 12.1. The van der Waals surface area contributed by atoms with Gasteiger partial charge in [0.15, 0.2) is 0 Å². The average molecular weight is 297 g/mol. The summed E-state index contributed by atoms with van der Waals surface area (Å²) in [6.45, 7) is 1.95. The Labute approximate surface area is 108 Å². The molecule has 0 spiro atoms. The van der Waals surface area contributed by atoms with Crippen molar-refractivity contribution in [1.82, 2.24) is 5.32 Å². The molecule has 0 saturated heterocycles. The number of benzene rings is 1. The van der Waals surface area contributed by atoms with E-state index in [1.165, 1.54) is 0 Å². The SMILES string of the molecule is Cc1ccc(NC(=O)C(=O)NC2CC2)cc1Br. The third kappa shape index (κ3) is 3.30. The molecule has 1 saturated carbocycles. The molecule has 0 aliphatic heterocycles. The molecule has 17 heavy (non-hydrogen) atoms. The molecule has 5 heteroatoms. The van der Waals surface area contributed by atoms with Gasteiger partial charge in [-0.3, -0.25) is 9.59 Å². The first-order valence-electron chi connectivity index (χ1n) is 5.44. The summed E-state index contributed by atoms with van der Waals surface area (Å²) in [6.07, 6.45) is 1.93. The van der Waals surface area contributed by atoms with Crippen LogP contribution in [-0.2, 0) is 9.59 Å². The molecule has 0 aromatic heterocycles. The van der Waals surface area contributed by atoms with Crippen LogP contribution in [0.4, 0.5) is 5.69 Å². The van der Waals surface area contributed by atoms with E-state index in [2.05, 4.69) is 26.6 Å². The Bertz CT molecular complexity index is 470. The summed E-state index contributed by atoms with van der Waals surface area (Å²) >= 11 is 3.37. The monoisotopic (exact) mass is 296 g/mol. The molecular formula is C12H13BrN2O2. The summed E-state index contributed by atoms with van der Waals surface area (Å²) < 4.78 is 0.901. The Kier molecular flexibility index (Phi) is 3.47. The highest BCUT2D eigenvalue weighted by Crippen LogP contribution is 2.21. The summed E-state index contributed by atoms with van der Waals surface area (Å²) in [5, 5.41) is 5.20. The van der Waals surface area contributed by atoms with Gasteiger partial charge in [0, 0.05) is 16.2 Å². The van der Waals surface area contributed by atoms with Crippen molar-refractivity contribution in [1.29, 1.82) is 0 Å². The number of carbonyl (C=O) groups excluding carboxylic acids is 2. The van der Waals surface area contributed by atoms with Crippen LogP contribution in [0, 0.1) is 6.92 Å². The molecule has 4 nitrogen and oxygen atoms in total. The standard InChI is InChI=1S/C12H13BrN2O2/c1-7-2-3-9(6-10(7)13)15-12(17)11(16)14-8-4-5-8/h2-3,6,8H,4-5H2,1H3,(H,14,16)(H,15,17). The highest BCUT2D eigenvalue weighted by atomic mass is 79.9. The highest BCUT2D eigenvalue weighted by Gasteiger charge is 2.26. The van der Waals surface area contributed by atoms with Gasteiger partial charge in [0.2, 0.25) is 0 Å². The summed E-state index contributed by atoms with van der Waals surface area (Å²) in [6, 6.07) is 5.61. The zero-order valence-corrected chi connectivity index (χ0v) is 11.0. The van der Waals surface area contributed by atoms with E-state index >= 15 is 0 Å². The van der Waals surface area contributed by atoms with Crippen molar-refractivity contribution in [3.8, 4) is 0 Å². The lowest BCUT2D eigenvalue weighted by Crippen LogP contribution is -2.36. The van der Waals surface area contributed by atoms with Crippen molar-refractivity contribution in [3.63, 3.8) is 0 Å². The second kappa shape index (κ2) is 4.87. The number of rotatable bonds is 2. The third-order valence-corrected chi connectivity index (χ3v) is 3.40. The lowest BCUT2D eigenvalue weighted by Gasteiger charge is -2.07. The predicted octanol–water partition coefficient (Wildman–Crippen LogP) is 1.97. The Morgan fingerprint density at radius 1 is 1.29 bits per heavy atom. The van der Waals surface area contributed by atoms with Gasteiger partial charge in [-0.15, -0.1) is 0 Å². The maximum Gasteiger partial charge on any atom is 0.313 e. The fraction of sp³-hybridized carbons (Fsp3) is 0.333. The van der Waals surface area contributed by atoms with E-state index < -0.39 is 11.8 Å². The molecule has 2 rings (SSSR count). The van der Waals surface area contributed by atoms with Crippen molar-refractivity contribution in [2.24, 2.45) is 0 Å². The lowest BCUT2D eigenvalue weighted by molar-refractivity contribution is -0.136. The first-order valence-corrected chi connectivity index (χ1v) is 6.23. The third-order valence-electron chi connectivity index (χ3n) is 2.55. The zero-order chi connectivity index (χ0) is 12.4. The number of nitrogens with one attached hydrogen (secondary N) is 2. The van der Waals surface area contributed by atoms with E-state index in [1.54, 1.807) is 12.1 Å². The molecule has 1 aromatic rings. The smallest absolute Gasteiger partial charge is 0.313 e. The van der Waals surface area contributed by atoms with Crippen LogP contribution in [0.2, 0.25) is 0 Å². The number of amides is 2. The van der Waals surface area contributed by atoms with Crippen LogP contribution in [-0.4, -0.2) is 17.9 Å². The van der Waals surface area contributed by atoms with Gasteiger partial charge in [0.25, 0.3) is 0 Å². The van der Waals surface area contributed by atoms with Gasteiger partial charge in [-0.25, -0.2) is 0 Å². The van der Waals surface area contributed by atoms with E-state index in [0.29, 0.717) is 5.69 Å². The topological polar surface area (TPSA) is 58.2 Å². The minimum atomic E-state index is -0.618. The Hall–Kier alpha value is -1.36. The van der Waals surface area contributed by atoms with Crippen LogP contribution < -0.4 is 10.6 Å². The van der Waals surface area contributed by atoms with Gasteiger partial charge in [-0.1, -0.05) is 22.0 Å². The number of anilines is 1. The van der Waals surface area contributed by atoms with E-state index in [-0.39, 0.29) is 6.04 Å². The molecule has 1 aliphatic carbocycles. The summed E-state index contributed by atoms with van der Waals surface area (Å²) in [5.74, 6) is -1.18. The van der Waals surface area contributed by atoms with Crippen molar-refractivity contribution < 1.29 is 9.59 Å². The van der Waals surface area contributed by atoms with Crippen LogP contribution in [0.1, 0.15) is 18.4 Å². The highest BCUT2D eigenvalue weighted by molar-refractivity contribution is 9.10. The molecule has 1 fully saturated rings. The van der Waals surface area contributed by atoms with Crippen molar-refractivity contribution in [2.75, 3.05) is 5.32 Å². The molecule has 0 unspecified atom stereocenters. The fourth-order valence-electron chi connectivity index (χ4n) is 1.34. The van der Waals surface area contributed by atoms with Gasteiger partial charge in [0.1, 0.15) is 0 Å². The molecule has 2 N–H and O–H groups in total. The van der Waals surface area contributed by atoms with E-state index in [1.807, 2.05) is 13.0 Å². The van der Waals surface area contributed by atoms with Gasteiger partial charge in [-0.05, 0) is 37.5 Å². The predicted molar refractivity (Wildman–Crippen MR) is 68.7 cm³/mol. The number of aryl methyl sites for hydroxylation is 1. The van der Waals surface area contributed by atoms with E-state index in [4.69, 9.17) is 0 Å². The minimum Gasteiger partial charge on any atom is -0.345 e. The van der Waals surface area contributed by atoms with E-state index in [0.717, 1.165) is 22.9 Å². The maximum absolute atomic E-state index is 11.5. The second-order valence-electron chi connectivity index (χ2n) is 4.17. The van der Waals surface area contributed by atoms with Crippen LogP contribution in [0.25, 0.3) is 0 Å². The molecule has 2 amide bonds. The molecule has 0 atom stereocenters. The van der Waals surface area contributed by atoms with Crippen LogP contribution in [0.5, 0.6) is 0 Å². The quantitative estimate of drug-likeness (QED) is 0.820. The molecule has 90 valence electrons. The maximum atomic E-state index is 11.5. The van der Waals surface area contributed by atoms with Crippen molar-refractivity contribution >= 4 is 33.4 Å². The summed E-state index contributed by atoms with van der Waals surface area (Å²) in [5.41, 5.74) is 1.68. The van der Waals surface area contributed by atoms with Gasteiger partial charge in [-0.2, -0.15) is 0 Å². The number of halogens is 1. The van der Waals surface area contributed by atoms with Crippen LogP contribution in [0.15, 0.2) is 22.7 Å². The average Bonchev–Trinajstić information content (AvgIpc) is 3.07. The molecule has 0 radical (unpaired) electrons. The Morgan fingerprint density at radius 2 is 2.00 bits per heavy atom. The van der Waals surface area contributed by atoms with Crippen LogP contribution in [0.3, 0.4) is 0 Å². The summed E-state index contributed by atoms with van der Waals surface area (Å²) in [7, 11) is 0. The number of hydrogen-bond donors (Lipinski definition) is 2. The van der Waals surface area contributed by atoms with Crippen molar-refractivity contribution in [3.05, 3.63) is 28.2 Å². The van der Waals surface area contributed by atoms with Gasteiger partial charge < -0.3 is 10.6 Å². The normalized spacial score (nSPS) is 14.2. The Morgan fingerprint density at radius 3 is 2.59 bits per heavy atom. The van der Waals surface area contributed by atoms with Gasteiger partial charge in [0.05, 0.1) is 0 Å². The largest absolute Gasteiger partial charge is 0.345 e. The molecule has 0 bridgehead atoms. The van der Waals surface area contributed by atoms with E-state index in [9.17, 15) is 9.59 Å². The first-order chi connectivity index (χ1) is 8.06. The molecule has 1 aromatic carbocycles. The number of hydrogen-bond acceptors (Lipinski definition) is 2. The van der Waals surface area contributed by atoms with Gasteiger partial charge >= 0.3 is 11.8 Å². The van der Waals surface area contributed by atoms with Crippen molar-refractivity contribution in [2.45, 2.75) is 25.8 Å². The lowest BCUT2D eigenvalue weighted by atomic mass is 10.2. The molecular weight excluding hydrogens is 284 g/mol. The van der Waals surface area contributed by atoms with Crippen LogP contribution >= 0.6 is 15.9 Å². The Balaban J connectivity index is 1.96. The summed E-state index contributed by atoms with van der Waals surface area (Å²) in [4.78, 5) is 22.9.